The van der Waals surface area contributed by atoms with Crippen molar-refractivity contribution >= 4 is 23.8 Å². The van der Waals surface area contributed by atoms with Crippen LogP contribution in [0.1, 0.15) is 0 Å². The van der Waals surface area contributed by atoms with E-state index in [-0.39, 0.29) is 0 Å². The zero-order valence-corrected chi connectivity index (χ0v) is 10.2. The zero-order valence-electron chi connectivity index (χ0n) is 10.2. The minimum absolute atomic E-state index is 0.413. The first-order valence-corrected chi connectivity index (χ1v) is 5.93. The van der Waals surface area contributed by atoms with Gasteiger partial charge in [0.15, 0.2) is 0 Å². The van der Waals surface area contributed by atoms with Gasteiger partial charge in [-0.25, -0.2) is 14.7 Å². The van der Waals surface area contributed by atoms with Crippen LogP contribution in [0.5, 0.6) is 0 Å². The van der Waals surface area contributed by atoms with E-state index < -0.39 is 6.03 Å². The lowest BCUT2D eigenvalue weighted by molar-refractivity contribution is 0.256. The van der Waals surface area contributed by atoms with Gasteiger partial charge in [0.2, 0.25) is 0 Å². The van der Waals surface area contributed by atoms with Gasteiger partial charge in [0, 0.05) is 11.8 Å². The monoisotopic (exact) mass is 255 g/mol. The highest BCUT2D eigenvalue weighted by Gasteiger charge is 2.27. The minimum Gasteiger partial charge on any atom is -0.365 e. The Balaban J connectivity index is 2.03. The first-order chi connectivity index (χ1) is 9.27. The molecule has 0 aliphatic carbocycles. The number of urea groups is 1. The average Bonchev–Trinajstić information content (AvgIpc) is 2.89. The summed E-state index contributed by atoms with van der Waals surface area (Å²) in [6.07, 6.45) is 1.76. The van der Waals surface area contributed by atoms with Gasteiger partial charge in [-0.1, -0.05) is 18.2 Å². The van der Waals surface area contributed by atoms with Crippen molar-refractivity contribution in [1.82, 2.24) is 5.32 Å². The van der Waals surface area contributed by atoms with Gasteiger partial charge >= 0.3 is 6.03 Å². The molecule has 0 unspecified atom stereocenters. The van der Waals surface area contributed by atoms with E-state index in [4.69, 9.17) is 5.73 Å². The van der Waals surface area contributed by atoms with E-state index >= 15 is 0 Å². The van der Waals surface area contributed by atoms with Crippen LogP contribution in [0.25, 0.3) is 0 Å². The number of primary amides is 1. The molecule has 0 aromatic heterocycles. The van der Waals surface area contributed by atoms with E-state index in [0.717, 1.165) is 11.3 Å². The maximum atomic E-state index is 11.8. The van der Waals surface area contributed by atoms with Crippen LogP contribution < -0.4 is 16.0 Å². The van der Waals surface area contributed by atoms with Crippen LogP contribution in [0.2, 0.25) is 0 Å². The van der Waals surface area contributed by atoms with Crippen LogP contribution in [0, 0.1) is 0 Å². The molecule has 1 aromatic carbocycles. The molecule has 0 bridgehead atoms. The number of nitrogens with one attached hydrogen (secondary N) is 1. The molecule has 2 aliphatic rings. The Labute approximate surface area is 110 Å². The van der Waals surface area contributed by atoms with Gasteiger partial charge in [0.05, 0.1) is 17.9 Å². The topological polar surface area (TPSA) is 83.1 Å². The van der Waals surface area contributed by atoms with Gasteiger partial charge in [-0.05, 0) is 12.1 Å². The van der Waals surface area contributed by atoms with Crippen LogP contribution in [0.15, 0.2) is 51.6 Å². The normalized spacial score (nSPS) is 16.7. The third-order valence-electron chi connectivity index (χ3n) is 3.01. The number of benzene rings is 1. The number of para-hydroxylation sites is 1. The summed E-state index contributed by atoms with van der Waals surface area (Å²) < 4.78 is 0. The van der Waals surface area contributed by atoms with Gasteiger partial charge in [0.25, 0.3) is 0 Å². The van der Waals surface area contributed by atoms with Gasteiger partial charge in [-0.2, -0.15) is 0 Å². The van der Waals surface area contributed by atoms with E-state index in [2.05, 4.69) is 15.3 Å². The van der Waals surface area contributed by atoms with E-state index in [9.17, 15) is 4.79 Å². The maximum absolute atomic E-state index is 11.8. The Morgan fingerprint density at radius 2 is 2.11 bits per heavy atom. The molecule has 0 fully saturated rings. The molecule has 0 spiro atoms. The van der Waals surface area contributed by atoms with Crippen molar-refractivity contribution in [1.29, 1.82) is 0 Å². The Kier molecular flexibility index (Phi) is 2.75. The number of aliphatic imine (C=N–C) groups is 2. The summed E-state index contributed by atoms with van der Waals surface area (Å²) in [5.41, 5.74) is 8.01. The minimum atomic E-state index is -0.550. The SMILES string of the molecule is NC(=O)N(C1=NCNC2=C1CN=C2)c1ccccc1. The van der Waals surface area contributed by atoms with Gasteiger partial charge in [-0.15, -0.1) is 0 Å². The van der Waals surface area contributed by atoms with E-state index in [1.54, 1.807) is 6.21 Å². The Morgan fingerprint density at radius 1 is 1.32 bits per heavy atom. The fourth-order valence-electron chi connectivity index (χ4n) is 2.17. The fourth-order valence-corrected chi connectivity index (χ4v) is 2.17. The second-order valence-electron chi connectivity index (χ2n) is 4.19. The van der Waals surface area contributed by atoms with Crippen molar-refractivity contribution in [2.24, 2.45) is 15.7 Å². The molecule has 2 heterocycles. The van der Waals surface area contributed by atoms with Crippen molar-refractivity contribution in [3.63, 3.8) is 0 Å². The van der Waals surface area contributed by atoms with Crippen LogP contribution in [-0.2, 0) is 0 Å². The average molecular weight is 255 g/mol. The number of allylic oxidation sites excluding steroid dienone is 1. The molecule has 3 N–H and O–H groups in total. The number of hydrogen-bond acceptors (Lipinski definition) is 4. The number of anilines is 1. The van der Waals surface area contributed by atoms with Crippen molar-refractivity contribution in [2.75, 3.05) is 18.1 Å². The number of nitrogens with two attached hydrogens (primary N) is 1. The van der Waals surface area contributed by atoms with Gasteiger partial charge in [-0.3, -0.25) is 4.99 Å². The van der Waals surface area contributed by atoms with Crippen LogP contribution in [0.3, 0.4) is 0 Å². The molecular weight excluding hydrogens is 242 g/mol. The van der Waals surface area contributed by atoms with Gasteiger partial charge in [0.1, 0.15) is 12.5 Å². The summed E-state index contributed by atoms with van der Waals surface area (Å²) in [7, 11) is 0. The lowest BCUT2D eigenvalue weighted by atomic mass is 10.1. The predicted octanol–water partition coefficient (Wildman–Crippen LogP) is 0.869. The smallest absolute Gasteiger partial charge is 0.325 e. The number of amides is 2. The molecule has 2 amide bonds. The van der Waals surface area contributed by atoms with Crippen molar-refractivity contribution in [3.8, 4) is 0 Å². The summed E-state index contributed by atoms with van der Waals surface area (Å²) in [6.45, 7) is 0.925. The van der Waals surface area contributed by atoms with Crippen molar-refractivity contribution in [2.45, 2.75) is 0 Å². The lowest BCUT2D eigenvalue weighted by Crippen LogP contribution is -2.44. The largest absolute Gasteiger partial charge is 0.365 e. The maximum Gasteiger partial charge on any atom is 0.325 e. The standard InChI is InChI=1S/C13H13N5O/c14-13(19)18(9-4-2-1-3-5-9)12-10-6-15-7-11(10)16-8-17-12/h1-5,7,16H,6,8H2,(H2,14,19). The third-order valence-corrected chi connectivity index (χ3v) is 3.01. The number of rotatable bonds is 1. The second kappa shape index (κ2) is 4.56. The van der Waals surface area contributed by atoms with E-state index in [1.165, 1.54) is 4.90 Å². The van der Waals surface area contributed by atoms with E-state index in [1.807, 2.05) is 30.3 Å². The molecule has 19 heavy (non-hydrogen) atoms. The van der Waals surface area contributed by atoms with Crippen molar-refractivity contribution in [3.05, 3.63) is 41.6 Å². The number of carbonyl (C=O) groups excluding carboxylic acids is 1. The highest BCUT2D eigenvalue weighted by molar-refractivity contribution is 6.24. The summed E-state index contributed by atoms with van der Waals surface area (Å²) in [6, 6.07) is 8.69. The molecule has 6 heteroatoms. The molecule has 0 saturated heterocycles. The van der Waals surface area contributed by atoms with Crippen LogP contribution >= 0.6 is 0 Å². The molecule has 6 nitrogen and oxygen atoms in total. The zero-order chi connectivity index (χ0) is 13.2. The highest BCUT2D eigenvalue weighted by atomic mass is 16.2. The molecule has 3 rings (SSSR count). The lowest BCUT2D eigenvalue weighted by Gasteiger charge is -2.26. The summed E-state index contributed by atoms with van der Waals surface area (Å²) >= 11 is 0. The molecule has 0 atom stereocenters. The van der Waals surface area contributed by atoms with Crippen molar-refractivity contribution < 1.29 is 4.79 Å². The number of hydrogen-bond donors (Lipinski definition) is 2. The number of carbonyl (C=O) groups is 1. The van der Waals surface area contributed by atoms with Gasteiger partial charge < -0.3 is 11.1 Å². The molecule has 0 radical (unpaired) electrons. The molecule has 2 aliphatic heterocycles. The van der Waals surface area contributed by atoms with Crippen LogP contribution in [-0.4, -0.2) is 31.3 Å². The molecule has 1 aromatic rings. The molecule has 96 valence electrons. The Hall–Kier alpha value is -2.63. The Morgan fingerprint density at radius 3 is 2.84 bits per heavy atom. The number of nitrogens with zero attached hydrogens (tertiary/aromatic N) is 3. The van der Waals surface area contributed by atoms with Crippen LogP contribution in [0.4, 0.5) is 10.5 Å². The summed E-state index contributed by atoms with van der Waals surface area (Å²) in [5.74, 6) is 0.574. The predicted molar refractivity (Wildman–Crippen MR) is 74.3 cm³/mol. The first-order valence-electron chi connectivity index (χ1n) is 5.93. The number of amidine groups is 1. The highest BCUT2D eigenvalue weighted by Crippen LogP contribution is 2.21. The first kappa shape index (κ1) is 11.5. The Bertz CT molecular complexity index is 603. The fraction of sp³-hybridized carbons (Fsp3) is 0.154. The summed E-state index contributed by atoms with van der Waals surface area (Å²) in [5, 5.41) is 3.12. The third kappa shape index (κ3) is 1.97. The molecular formula is C13H13N5O. The summed E-state index contributed by atoms with van der Waals surface area (Å²) in [4.78, 5) is 21.7. The van der Waals surface area contributed by atoms with E-state index in [0.29, 0.717) is 24.7 Å². The molecule has 0 saturated carbocycles. The quantitative estimate of drug-likeness (QED) is 0.780. The second-order valence-corrected chi connectivity index (χ2v) is 4.19.